The first-order chi connectivity index (χ1) is 9.27. The first kappa shape index (κ1) is 12.5. The smallest absolute Gasteiger partial charge is 0.181 e. The summed E-state index contributed by atoms with van der Waals surface area (Å²) in [6.07, 6.45) is 1.79. The van der Waals surface area contributed by atoms with Crippen molar-refractivity contribution in [2.24, 2.45) is 0 Å². The van der Waals surface area contributed by atoms with Gasteiger partial charge >= 0.3 is 0 Å². The minimum atomic E-state index is 0.0174. The molecule has 0 spiro atoms. The van der Waals surface area contributed by atoms with Gasteiger partial charge in [-0.05, 0) is 26.2 Å². The van der Waals surface area contributed by atoms with Gasteiger partial charge in [0.05, 0.1) is 13.2 Å². The van der Waals surface area contributed by atoms with Crippen molar-refractivity contribution in [1.29, 1.82) is 0 Å². The number of morpholine rings is 1. The second kappa shape index (κ2) is 5.20. The van der Waals surface area contributed by atoms with Crippen LogP contribution in [0.3, 0.4) is 0 Å². The Morgan fingerprint density at radius 1 is 1.32 bits per heavy atom. The van der Waals surface area contributed by atoms with Crippen LogP contribution in [-0.2, 0) is 4.74 Å². The van der Waals surface area contributed by atoms with Crippen LogP contribution >= 0.6 is 0 Å². The summed E-state index contributed by atoms with van der Waals surface area (Å²) in [6.45, 7) is 3.28. The zero-order valence-corrected chi connectivity index (χ0v) is 11.2. The lowest BCUT2D eigenvalue weighted by molar-refractivity contribution is -0.0541. The first-order valence-corrected chi connectivity index (χ1v) is 6.41. The fourth-order valence-corrected chi connectivity index (χ4v) is 2.45. The molecule has 0 amide bonds. The van der Waals surface area contributed by atoms with Crippen LogP contribution in [0, 0.1) is 0 Å². The van der Waals surface area contributed by atoms with Gasteiger partial charge < -0.3 is 4.74 Å². The molecule has 2 aromatic heterocycles. The van der Waals surface area contributed by atoms with Crippen LogP contribution in [0.15, 0.2) is 18.3 Å². The number of nitrogens with zero attached hydrogens (tertiary/aromatic N) is 6. The van der Waals surface area contributed by atoms with Gasteiger partial charge in [-0.3, -0.25) is 9.80 Å². The van der Waals surface area contributed by atoms with Gasteiger partial charge in [0, 0.05) is 19.3 Å². The molecule has 3 rings (SSSR count). The van der Waals surface area contributed by atoms with E-state index in [9.17, 15) is 0 Å². The second-order valence-corrected chi connectivity index (χ2v) is 4.84. The van der Waals surface area contributed by atoms with E-state index in [4.69, 9.17) is 4.74 Å². The van der Waals surface area contributed by atoms with Crippen LogP contribution < -0.4 is 0 Å². The summed E-state index contributed by atoms with van der Waals surface area (Å²) in [5, 5.41) is 8.45. The van der Waals surface area contributed by atoms with Gasteiger partial charge in [-0.25, -0.2) is 4.98 Å². The maximum atomic E-state index is 5.41. The molecule has 102 valence electrons. The van der Waals surface area contributed by atoms with E-state index in [-0.39, 0.29) is 6.29 Å². The summed E-state index contributed by atoms with van der Waals surface area (Å²) >= 11 is 0. The number of hydrogen-bond donors (Lipinski definition) is 0. The Labute approximate surface area is 111 Å². The SMILES string of the molecule is CN(C)C(N1CCOCC1)n1nnc2cccnc21. The topological polar surface area (TPSA) is 59.3 Å². The lowest BCUT2D eigenvalue weighted by atomic mass is 10.4. The Hall–Kier alpha value is -1.57. The van der Waals surface area contributed by atoms with Crippen LogP contribution in [0.25, 0.3) is 11.2 Å². The van der Waals surface area contributed by atoms with E-state index in [0.717, 1.165) is 37.5 Å². The molecule has 1 unspecified atom stereocenters. The molecule has 1 fully saturated rings. The molecule has 0 bridgehead atoms. The van der Waals surface area contributed by atoms with Gasteiger partial charge in [0.1, 0.15) is 5.52 Å². The predicted octanol–water partition coefficient (Wildman–Crippen LogP) is 0.176. The van der Waals surface area contributed by atoms with Gasteiger partial charge in [-0.1, -0.05) is 5.21 Å². The van der Waals surface area contributed by atoms with Crippen molar-refractivity contribution in [2.75, 3.05) is 40.4 Å². The molecule has 0 radical (unpaired) electrons. The highest BCUT2D eigenvalue weighted by molar-refractivity contribution is 5.68. The minimum Gasteiger partial charge on any atom is -0.379 e. The fourth-order valence-electron chi connectivity index (χ4n) is 2.45. The minimum absolute atomic E-state index is 0.0174. The van der Waals surface area contributed by atoms with Crippen LogP contribution in [0.5, 0.6) is 0 Å². The van der Waals surface area contributed by atoms with Crippen molar-refractivity contribution in [3.05, 3.63) is 18.3 Å². The normalized spacial score (nSPS) is 19.1. The Kier molecular flexibility index (Phi) is 3.41. The molecule has 0 saturated carbocycles. The van der Waals surface area contributed by atoms with E-state index >= 15 is 0 Å². The van der Waals surface area contributed by atoms with E-state index in [1.807, 2.05) is 30.9 Å². The van der Waals surface area contributed by atoms with Crippen molar-refractivity contribution >= 4 is 11.2 Å². The Morgan fingerprint density at radius 3 is 2.84 bits per heavy atom. The average Bonchev–Trinajstić information content (AvgIpc) is 2.84. The molecule has 7 heteroatoms. The second-order valence-electron chi connectivity index (χ2n) is 4.84. The molecule has 7 nitrogen and oxygen atoms in total. The summed E-state index contributed by atoms with van der Waals surface area (Å²) in [4.78, 5) is 8.84. The van der Waals surface area contributed by atoms with Crippen LogP contribution in [0.1, 0.15) is 6.29 Å². The summed E-state index contributed by atoms with van der Waals surface area (Å²) in [6, 6.07) is 3.80. The molecule has 0 N–H and O–H groups in total. The van der Waals surface area contributed by atoms with E-state index in [0.29, 0.717) is 0 Å². The third-order valence-electron chi connectivity index (χ3n) is 3.28. The lowest BCUT2D eigenvalue weighted by Crippen LogP contribution is -2.47. The summed E-state index contributed by atoms with van der Waals surface area (Å²) in [5.74, 6) is 0. The molecule has 1 atom stereocenters. The van der Waals surface area contributed by atoms with Gasteiger partial charge in [-0.2, -0.15) is 4.68 Å². The molecule has 0 aliphatic carbocycles. The Bertz CT molecular complexity index is 548. The summed E-state index contributed by atoms with van der Waals surface area (Å²) in [5.41, 5.74) is 1.63. The van der Waals surface area contributed by atoms with E-state index in [2.05, 4.69) is 25.1 Å². The number of hydrogen-bond acceptors (Lipinski definition) is 6. The Morgan fingerprint density at radius 2 is 2.11 bits per heavy atom. The Balaban J connectivity index is 1.99. The molecule has 19 heavy (non-hydrogen) atoms. The van der Waals surface area contributed by atoms with Crippen LogP contribution in [-0.4, -0.2) is 70.2 Å². The quantitative estimate of drug-likeness (QED) is 0.786. The van der Waals surface area contributed by atoms with Crippen molar-refractivity contribution in [3.8, 4) is 0 Å². The van der Waals surface area contributed by atoms with E-state index in [1.54, 1.807) is 6.20 Å². The number of aromatic nitrogens is 4. The van der Waals surface area contributed by atoms with Gasteiger partial charge in [-0.15, -0.1) is 5.10 Å². The monoisotopic (exact) mass is 262 g/mol. The number of pyridine rings is 1. The predicted molar refractivity (Wildman–Crippen MR) is 70.4 cm³/mol. The largest absolute Gasteiger partial charge is 0.379 e. The number of ether oxygens (including phenoxy) is 1. The average molecular weight is 262 g/mol. The van der Waals surface area contributed by atoms with Gasteiger partial charge in [0.2, 0.25) is 0 Å². The van der Waals surface area contributed by atoms with Gasteiger partial charge in [0.25, 0.3) is 0 Å². The molecule has 3 heterocycles. The highest BCUT2D eigenvalue weighted by atomic mass is 16.5. The summed E-state index contributed by atoms with van der Waals surface area (Å²) < 4.78 is 7.29. The molecule has 2 aromatic rings. The first-order valence-electron chi connectivity index (χ1n) is 6.41. The van der Waals surface area contributed by atoms with Crippen molar-refractivity contribution < 1.29 is 4.74 Å². The third kappa shape index (κ3) is 2.32. The molecular weight excluding hydrogens is 244 g/mol. The van der Waals surface area contributed by atoms with Crippen molar-refractivity contribution in [2.45, 2.75) is 6.29 Å². The van der Waals surface area contributed by atoms with Crippen molar-refractivity contribution in [3.63, 3.8) is 0 Å². The maximum absolute atomic E-state index is 5.41. The van der Waals surface area contributed by atoms with Crippen LogP contribution in [0.4, 0.5) is 0 Å². The van der Waals surface area contributed by atoms with Crippen LogP contribution in [0.2, 0.25) is 0 Å². The molecular formula is C12H18N6O. The molecule has 0 aromatic carbocycles. The zero-order valence-electron chi connectivity index (χ0n) is 11.2. The zero-order chi connectivity index (χ0) is 13.2. The highest BCUT2D eigenvalue weighted by Gasteiger charge is 2.27. The van der Waals surface area contributed by atoms with Gasteiger partial charge in [0.15, 0.2) is 11.9 Å². The highest BCUT2D eigenvalue weighted by Crippen LogP contribution is 2.20. The number of rotatable bonds is 3. The molecule has 1 aliphatic heterocycles. The van der Waals surface area contributed by atoms with E-state index in [1.165, 1.54) is 0 Å². The summed E-state index contributed by atoms with van der Waals surface area (Å²) in [7, 11) is 4.08. The van der Waals surface area contributed by atoms with E-state index < -0.39 is 0 Å². The van der Waals surface area contributed by atoms with Crippen molar-refractivity contribution in [1.82, 2.24) is 29.8 Å². The third-order valence-corrected chi connectivity index (χ3v) is 3.28. The standard InChI is InChI=1S/C12H18N6O/c1-16(2)12(17-6-8-19-9-7-17)18-11-10(14-15-18)4-3-5-13-11/h3-5,12H,6-9H2,1-2H3. The molecule has 1 aliphatic rings. The lowest BCUT2D eigenvalue weighted by Gasteiger charge is -2.37. The number of fused-ring (bicyclic) bond motifs is 1. The fraction of sp³-hybridized carbons (Fsp3) is 0.583. The maximum Gasteiger partial charge on any atom is 0.181 e. The molecule has 1 saturated heterocycles.